The molecule has 1 aliphatic rings. The van der Waals surface area contributed by atoms with Gasteiger partial charge in [0.25, 0.3) is 0 Å². The third-order valence-electron chi connectivity index (χ3n) is 13.6. The zero-order valence-electron chi connectivity index (χ0n) is 33.4. The molecule has 0 bridgehead atoms. The summed E-state index contributed by atoms with van der Waals surface area (Å²) in [6.07, 6.45) is 0. The summed E-state index contributed by atoms with van der Waals surface area (Å²) in [6, 6.07) is 71.8. The van der Waals surface area contributed by atoms with Gasteiger partial charge in [0.05, 0.1) is 0 Å². The van der Waals surface area contributed by atoms with E-state index in [1.165, 1.54) is 115 Å². The van der Waals surface area contributed by atoms with Crippen LogP contribution in [-0.4, -0.2) is 0 Å². The van der Waals surface area contributed by atoms with Gasteiger partial charge in [-0.05, 0) is 116 Å². The van der Waals surface area contributed by atoms with E-state index >= 15 is 0 Å². The summed E-state index contributed by atoms with van der Waals surface area (Å²) < 4.78 is 7.13. The van der Waals surface area contributed by atoms with Crippen LogP contribution in [0.5, 0.6) is 0 Å². The third kappa shape index (κ3) is 4.47. The van der Waals surface area contributed by atoms with Crippen LogP contribution in [0.3, 0.4) is 0 Å². The Morgan fingerprint density at radius 1 is 0.333 bits per heavy atom. The molecule has 1 aliphatic carbocycles. The molecule has 0 saturated carbocycles. The zero-order valence-corrected chi connectivity index (χ0v) is 33.4. The van der Waals surface area contributed by atoms with E-state index in [0.29, 0.717) is 0 Å². The van der Waals surface area contributed by atoms with E-state index in [1.807, 2.05) is 0 Å². The number of rotatable bonds is 3. The van der Waals surface area contributed by atoms with Crippen molar-refractivity contribution in [2.24, 2.45) is 0 Å². The number of benzene rings is 11. The van der Waals surface area contributed by atoms with E-state index in [9.17, 15) is 0 Å². The molecule has 12 aromatic rings. The van der Waals surface area contributed by atoms with Crippen molar-refractivity contribution in [1.82, 2.24) is 0 Å². The largest absolute Gasteiger partial charge is 0.455 e. The van der Waals surface area contributed by atoms with Crippen LogP contribution in [0.4, 0.5) is 0 Å². The Kier molecular flexibility index (Phi) is 6.85. The normalized spacial score (nSPS) is 13.3. The van der Waals surface area contributed by atoms with Gasteiger partial charge in [0.15, 0.2) is 0 Å². The summed E-state index contributed by atoms with van der Waals surface area (Å²) in [4.78, 5) is 0. The van der Waals surface area contributed by atoms with Gasteiger partial charge in [0.2, 0.25) is 0 Å². The van der Waals surface area contributed by atoms with Crippen LogP contribution in [0.25, 0.3) is 120 Å². The topological polar surface area (TPSA) is 13.1 Å². The molecule has 1 heteroatoms. The molecule has 1 nitrogen and oxygen atoms in total. The van der Waals surface area contributed by atoms with E-state index in [4.69, 9.17) is 4.42 Å². The maximum absolute atomic E-state index is 7.13. The summed E-state index contributed by atoms with van der Waals surface area (Å²) in [5.74, 6) is 0. The van der Waals surface area contributed by atoms with Crippen LogP contribution < -0.4 is 0 Å². The molecule has 0 aliphatic heterocycles. The summed E-state index contributed by atoms with van der Waals surface area (Å²) in [6.45, 7) is 4.77. The van der Waals surface area contributed by atoms with Gasteiger partial charge in [-0.25, -0.2) is 0 Å². The minimum absolute atomic E-state index is 0.250. The highest BCUT2D eigenvalue weighted by atomic mass is 16.3. The molecular weight excluding hydrogens is 725 g/mol. The van der Waals surface area contributed by atoms with Crippen molar-refractivity contribution in [3.8, 4) is 44.5 Å². The lowest BCUT2D eigenvalue weighted by molar-refractivity contribution is 0.650. The molecule has 0 unspecified atom stereocenters. The van der Waals surface area contributed by atoms with Gasteiger partial charge >= 0.3 is 0 Å². The summed E-state index contributed by atoms with van der Waals surface area (Å²) in [5.41, 5.74) is 14.3. The predicted molar refractivity (Wildman–Crippen MR) is 255 cm³/mol. The molecule has 0 amide bonds. The Labute approximate surface area is 347 Å². The first kappa shape index (κ1) is 33.5. The van der Waals surface area contributed by atoms with E-state index in [1.54, 1.807) is 0 Å². The van der Waals surface area contributed by atoms with Crippen molar-refractivity contribution in [2.75, 3.05) is 0 Å². The molecule has 60 heavy (non-hydrogen) atoms. The lowest BCUT2D eigenvalue weighted by Gasteiger charge is -2.26. The monoisotopic (exact) mass is 762 g/mol. The van der Waals surface area contributed by atoms with Crippen LogP contribution >= 0.6 is 0 Å². The minimum Gasteiger partial charge on any atom is -0.455 e. The van der Waals surface area contributed by atoms with Gasteiger partial charge < -0.3 is 4.42 Å². The van der Waals surface area contributed by atoms with Crippen molar-refractivity contribution in [2.45, 2.75) is 19.3 Å². The van der Waals surface area contributed by atoms with Gasteiger partial charge in [-0.1, -0.05) is 196 Å². The Balaban J connectivity index is 1.15. The minimum atomic E-state index is -0.250. The molecule has 11 aromatic carbocycles. The van der Waals surface area contributed by atoms with Gasteiger partial charge in [-0.2, -0.15) is 0 Å². The van der Waals surface area contributed by atoms with Gasteiger partial charge in [0.1, 0.15) is 11.2 Å². The van der Waals surface area contributed by atoms with Crippen LogP contribution in [0.1, 0.15) is 25.0 Å². The average molecular weight is 763 g/mol. The van der Waals surface area contributed by atoms with Crippen molar-refractivity contribution in [3.63, 3.8) is 0 Å². The molecule has 0 atom stereocenters. The van der Waals surface area contributed by atoms with E-state index in [2.05, 4.69) is 208 Å². The van der Waals surface area contributed by atoms with Crippen molar-refractivity contribution in [3.05, 3.63) is 205 Å². The van der Waals surface area contributed by atoms with E-state index in [0.717, 1.165) is 16.6 Å². The second kappa shape index (κ2) is 12.3. The molecular formula is C59H38O. The van der Waals surface area contributed by atoms with Crippen molar-refractivity contribution < 1.29 is 4.42 Å². The Bertz CT molecular complexity index is 3740. The highest BCUT2D eigenvalue weighted by molar-refractivity contribution is 6.27. The standard InChI is InChI=1S/C59H38O/c1-59(2)51-29-14-13-23-41(51)49-34-50-55-38-20-6-4-17-36(38)30-33-52(55)60-58(50)56(57(49)59)48-32-31-47(39-21-7-8-22-40(39)48)54-45-26-11-9-24-43(45)53(44-25-10-12-27-46(44)54)42-28-15-18-35-16-3-5-19-37(35)42/h3-34H,1-2H3. The molecule has 0 radical (unpaired) electrons. The Morgan fingerprint density at radius 3 is 1.45 bits per heavy atom. The second-order valence-electron chi connectivity index (χ2n) is 17.1. The molecule has 13 rings (SSSR count). The Hall–Kier alpha value is -7.48. The number of hydrogen-bond acceptors (Lipinski definition) is 1. The summed E-state index contributed by atoms with van der Waals surface area (Å²) >= 11 is 0. The maximum Gasteiger partial charge on any atom is 0.143 e. The average Bonchev–Trinajstić information content (AvgIpc) is 3.79. The van der Waals surface area contributed by atoms with Crippen molar-refractivity contribution >= 4 is 75.8 Å². The Morgan fingerprint density at radius 2 is 0.800 bits per heavy atom. The molecule has 0 N–H and O–H groups in total. The fourth-order valence-corrected chi connectivity index (χ4v) is 11.1. The quantitative estimate of drug-likeness (QED) is 0.163. The van der Waals surface area contributed by atoms with Crippen LogP contribution in [-0.2, 0) is 5.41 Å². The lowest BCUT2D eigenvalue weighted by atomic mass is 9.77. The lowest BCUT2D eigenvalue weighted by Crippen LogP contribution is -2.16. The fourth-order valence-electron chi connectivity index (χ4n) is 11.1. The summed E-state index contributed by atoms with van der Waals surface area (Å²) in [7, 11) is 0. The fraction of sp³-hybridized carbons (Fsp3) is 0.0508. The SMILES string of the molecule is CC1(C)c2ccccc2-c2cc3c(oc4ccc5ccccc5c43)c(-c3ccc(-c4c5ccccc5c(-c5cccc6ccccc56)c5ccccc45)c4ccccc34)c21. The predicted octanol–water partition coefficient (Wildman–Crippen LogP) is 16.7. The van der Waals surface area contributed by atoms with Gasteiger partial charge in [-0.3, -0.25) is 0 Å². The molecule has 0 spiro atoms. The van der Waals surface area contributed by atoms with E-state index in [-0.39, 0.29) is 5.41 Å². The molecule has 0 fully saturated rings. The van der Waals surface area contributed by atoms with Crippen LogP contribution in [0.2, 0.25) is 0 Å². The molecule has 0 saturated heterocycles. The first-order chi connectivity index (χ1) is 29.6. The van der Waals surface area contributed by atoms with Gasteiger partial charge in [0, 0.05) is 21.8 Å². The number of hydrogen-bond donors (Lipinski definition) is 0. The van der Waals surface area contributed by atoms with Crippen LogP contribution in [0, 0.1) is 0 Å². The zero-order chi connectivity index (χ0) is 39.7. The maximum atomic E-state index is 7.13. The molecule has 1 aromatic heterocycles. The summed E-state index contributed by atoms with van der Waals surface area (Å²) in [5, 5.41) is 14.8. The van der Waals surface area contributed by atoms with E-state index < -0.39 is 0 Å². The smallest absolute Gasteiger partial charge is 0.143 e. The first-order valence-electron chi connectivity index (χ1n) is 21.0. The second-order valence-corrected chi connectivity index (χ2v) is 17.1. The molecule has 280 valence electrons. The number of furan rings is 1. The third-order valence-corrected chi connectivity index (χ3v) is 13.6. The molecule has 1 heterocycles. The highest BCUT2D eigenvalue weighted by Crippen LogP contribution is 2.57. The van der Waals surface area contributed by atoms with Crippen molar-refractivity contribution in [1.29, 1.82) is 0 Å². The van der Waals surface area contributed by atoms with Gasteiger partial charge in [-0.15, -0.1) is 0 Å². The first-order valence-corrected chi connectivity index (χ1v) is 21.0. The van der Waals surface area contributed by atoms with Crippen LogP contribution in [0.15, 0.2) is 199 Å². The highest BCUT2D eigenvalue weighted by Gasteiger charge is 2.40. The number of fused-ring (bicyclic) bond motifs is 12.